The van der Waals surface area contributed by atoms with Crippen molar-refractivity contribution in [2.24, 2.45) is 11.7 Å². The summed E-state index contributed by atoms with van der Waals surface area (Å²) in [7, 11) is 0. The van der Waals surface area contributed by atoms with Gasteiger partial charge < -0.3 is 15.6 Å². The van der Waals surface area contributed by atoms with Crippen molar-refractivity contribution in [3.8, 4) is 0 Å². The molecule has 1 saturated carbocycles. The first-order valence-corrected chi connectivity index (χ1v) is 9.16. The van der Waals surface area contributed by atoms with Crippen LogP contribution in [0.3, 0.4) is 0 Å². The number of nitrogens with zero attached hydrogens (tertiary/aromatic N) is 1. The van der Waals surface area contributed by atoms with Gasteiger partial charge in [0.1, 0.15) is 0 Å². The topological polar surface area (TPSA) is 68.4 Å². The van der Waals surface area contributed by atoms with Crippen molar-refractivity contribution in [1.29, 1.82) is 0 Å². The van der Waals surface area contributed by atoms with Crippen molar-refractivity contribution in [2.75, 3.05) is 6.61 Å². The van der Waals surface area contributed by atoms with Gasteiger partial charge in [-0.05, 0) is 44.2 Å². The Bertz CT molecular complexity index is 421. The van der Waals surface area contributed by atoms with Crippen LogP contribution in [0.25, 0.3) is 0 Å². The molecule has 0 saturated heterocycles. The van der Waals surface area contributed by atoms with E-state index in [4.69, 9.17) is 10.5 Å². The Labute approximate surface area is 140 Å². The summed E-state index contributed by atoms with van der Waals surface area (Å²) in [6.07, 6.45) is 10.2. The largest absolute Gasteiger partial charge is 0.392 e. The quantitative estimate of drug-likeness (QED) is 0.729. The van der Waals surface area contributed by atoms with Gasteiger partial charge in [0.05, 0.1) is 17.9 Å². The van der Waals surface area contributed by atoms with E-state index in [1.165, 1.54) is 32.1 Å². The lowest BCUT2D eigenvalue weighted by Gasteiger charge is -2.27. The SMILES string of the molecule is CCO[C@H](CC[C@H](O)[C@@H](N)CC1CCCCC1)c1ccccn1. The molecule has 23 heavy (non-hydrogen) atoms. The monoisotopic (exact) mass is 320 g/mol. The minimum Gasteiger partial charge on any atom is -0.392 e. The highest BCUT2D eigenvalue weighted by Gasteiger charge is 2.23. The number of aliphatic hydroxyl groups excluding tert-OH is 1. The van der Waals surface area contributed by atoms with E-state index in [2.05, 4.69) is 4.98 Å². The zero-order valence-electron chi connectivity index (χ0n) is 14.4. The van der Waals surface area contributed by atoms with Gasteiger partial charge in [-0.3, -0.25) is 4.98 Å². The average molecular weight is 320 g/mol. The second kappa shape index (κ2) is 10.0. The summed E-state index contributed by atoms with van der Waals surface area (Å²) >= 11 is 0. The van der Waals surface area contributed by atoms with Crippen molar-refractivity contribution in [2.45, 2.75) is 76.5 Å². The van der Waals surface area contributed by atoms with Crippen LogP contribution >= 0.6 is 0 Å². The molecule has 1 aromatic rings. The van der Waals surface area contributed by atoms with Crippen LogP contribution in [0.2, 0.25) is 0 Å². The number of pyridine rings is 1. The Hall–Kier alpha value is -0.970. The summed E-state index contributed by atoms with van der Waals surface area (Å²) in [6.45, 7) is 2.63. The summed E-state index contributed by atoms with van der Waals surface area (Å²) in [5.74, 6) is 0.701. The number of aromatic nitrogens is 1. The Balaban J connectivity index is 1.79. The Kier molecular flexibility index (Phi) is 8.00. The zero-order chi connectivity index (χ0) is 16.5. The Morgan fingerprint density at radius 1 is 1.26 bits per heavy atom. The first-order valence-electron chi connectivity index (χ1n) is 9.16. The molecule has 1 heterocycles. The fourth-order valence-corrected chi connectivity index (χ4v) is 3.59. The van der Waals surface area contributed by atoms with Gasteiger partial charge in [-0.1, -0.05) is 38.2 Å². The average Bonchev–Trinajstić information content (AvgIpc) is 2.60. The molecule has 4 nitrogen and oxygen atoms in total. The zero-order valence-corrected chi connectivity index (χ0v) is 14.4. The molecule has 0 spiro atoms. The highest BCUT2D eigenvalue weighted by Crippen LogP contribution is 2.28. The molecule has 0 aliphatic heterocycles. The molecule has 130 valence electrons. The van der Waals surface area contributed by atoms with E-state index in [1.54, 1.807) is 6.20 Å². The normalized spacial score (nSPS) is 20.1. The summed E-state index contributed by atoms with van der Waals surface area (Å²) in [6, 6.07) is 5.74. The number of hydrogen-bond donors (Lipinski definition) is 2. The highest BCUT2D eigenvalue weighted by molar-refractivity contribution is 5.07. The molecule has 2 rings (SSSR count). The summed E-state index contributed by atoms with van der Waals surface area (Å²) in [5.41, 5.74) is 7.17. The van der Waals surface area contributed by atoms with Crippen LogP contribution in [-0.2, 0) is 4.74 Å². The number of rotatable bonds is 9. The van der Waals surface area contributed by atoms with Crippen LogP contribution < -0.4 is 5.73 Å². The predicted octanol–water partition coefficient (Wildman–Crippen LogP) is 3.60. The Morgan fingerprint density at radius 2 is 2.04 bits per heavy atom. The smallest absolute Gasteiger partial charge is 0.0995 e. The molecule has 1 aromatic heterocycles. The van der Waals surface area contributed by atoms with Crippen molar-refractivity contribution in [3.05, 3.63) is 30.1 Å². The molecular weight excluding hydrogens is 288 g/mol. The van der Waals surface area contributed by atoms with Crippen molar-refractivity contribution in [1.82, 2.24) is 4.98 Å². The van der Waals surface area contributed by atoms with E-state index >= 15 is 0 Å². The van der Waals surface area contributed by atoms with Crippen LogP contribution in [0.4, 0.5) is 0 Å². The van der Waals surface area contributed by atoms with Gasteiger partial charge in [-0.25, -0.2) is 0 Å². The summed E-state index contributed by atoms with van der Waals surface area (Å²) in [5, 5.41) is 10.4. The second-order valence-electron chi connectivity index (χ2n) is 6.75. The van der Waals surface area contributed by atoms with Gasteiger partial charge in [-0.2, -0.15) is 0 Å². The predicted molar refractivity (Wildman–Crippen MR) is 93.0 cm³/mol. The van der Waals surface area contributed by atoms with Crippen LogP contribution in [0.5, 0.6) is 0 Å². The molecular formula is C19H32N2O2. The third-order valence-electron chi connectivity index (χ3n) is 4.93. The molecule has 1 fully saturated rings. The van der Waals surface area contributed by atoms with Crippen molar-refractivity contribution < 1.29 is 9.84 Å². The second-order valence-corrected chi connectivity index (χ2v) is 6.75. The third kappa shape index (κ3) is 6.21. The molecule has 4 heteroatoms. The van der Waals surface area contributed by atoms with Gasteiger partial charge in [0.15, 0.2) is 0 Å². The maximum atomic E-state index is 10.4. The standard InChI is InChI=1S/C19H32N2O2/c1-2-23-19(17-10-6-7-13-21-17)12-11-18(22)16(20)14-15-8-4-3-5-9-15/h6-7,10,13,15-16,18-19,22H,2-5,8-9,11-12,14,20H2,1H3/t16-,18-,19+/m0/s1. The molecule has 0 amide bonds. The summed E-state index contributed by atoms with van der Waals surface area (Å²) < 4.78 is 5.79. The lowest BCUT2D eigenvalue weighted by Crippen LogP contribution is -2.37. The van der Waals surface area contributed by atoms with E-state index in [-0.39, 0.29) is 12.1 Å². The minimum absolute atomic E-state index is 0.0577. The van der Waals surface area contributed by atoms with Crippen LogP contribution in [0.1, 0.15) is 70.1 Å². The first kappa shape index (κ1) is 18.4. The van der Waals surface area contributed by atoms with Crippen molar-refractivity contribution >= 4 is 0 Å². The van der Waals surface area contributed by atoms with Gasteiger partial charge in [-0.15, -0.1) is 0 Å². The fraction of sp³-hybridized carbons (Fsp3) is 0.737. The molecule has 1 aliphatic carbocycles. The van der Waals surface area contributed by atoms with Crippen LogP contribution in [0, 0.1) is 5.92 Å². The van der Waals surface area contributed by atoms with E-state index in [0.717, 1.165) is 18.5 Å². The highest BCUT2D eigenvalue weighted by atomic mass is 16.5. The van der Waals surface area contributed by atoms with E-state index in [0.29, 0.717) is 18.9 Å². The number of nitrogens with two attached hydrogens (primary N) is 1. The summed E-state index contributed by atoms with van der Waals surface area (Å²) in [4.78, 5) is 4.38. The maximum Gasteiger partial charge on any atom is 0.0995 e. The Morgan fingerprint density at radius 3 is 2.70 bits per heavy atom. The molecule has 0 unspecified atom stereocenters. The number of hydrogen-bond acceptors (Lipinski definition) is 4. The lowest BCUT2D eigenvalue weighted by molar-refractivity contribution is 0.0337. The van der Waals surface area contributed by atoms with Gasteiger partial charge >= 0.3 is 0 Å². The van der Waals surface area contributed by atoms with E-state index in [9.17, 15) is 5.11 Å². The number of aliphatic hydroxyl groups is 1. The number of ether oxygens (including phenoxy) is 1. The van der Waals surface area contributed by atoms with Gasteiger partial charge in [0.2, 0.25) is 0 Å². The van der Waals surface area contributed by atoms with E-state index < -0.39 is 6.10 Å². The van der Waals surface area contributed by atoms with Crippen molar-refractivity contribution in [3.63, 3.8) is 0 Å². The molecule has 3 N–H and O–H groups in total. The molecule has 0 aromatic carbocycles. The minimum atomic E-state index is -0.455. The molecule has 0 bridgehead atoms. The van der Waals surface area contributed by atoms with Gasteiger partial charge in [0.25, 0.3) is 0 Å². The van der Waals surface area contributed by atoms with E-state index in [1.807, 2.05) is 25.1 Å². The first-order chi connectivity index (χ1) is 11.2. The third-order valence-corrected chi connectivity index (χ3v) is 4.93. The molecule has 3 atom stereocenters. The van der Waals surface area contributed by atoms with Crippen LogP contribution in [-0.4, -0.2) is 28.8 Å². The molecule has 0 radical (unpaired) electrons. The maximum absolute atomic E-state index is 10.4. The van der Waals surface area contributed by atoms with Gasteiger partial charge in [0, 0.05) is 18.8 Å². The lowest BCUT2D eigenvalue weighted by atomic mass is 9.83. The van der Waals surface area contributed by atoms with Crippen LogP contribution in [0.15, 0.2) is 24.4 Å². The molecule has 1 aliphatic rings. The fourth-order valence-electron chi connectivity index (χ4n) is 3.59.